The van der Waals surface area contributed by atoms with Crippen molar-refractivity contribution in [2.75, 3.05) is 13.1 Å². The molecule has 5 nitrogen and oxygen atoms in total. The lowest BCUT2D eigenvalue weighted by Gasteiger charge is -2.32. The Labute approximate surface area is 160 Å². The molecule has 0 unspecified atom stereocenters. The Balaban J connectivity index is 1.48. The summed E-state index contributed by atoms with van der Waals surface area (Å²) in [5.41, 5.74) is 0.596. The smallest absolute Gasteiger partial charge is 0.410 e. The Bertz CT molecular complexity index is 818. The summed E-state index contributed by atoms with van der Waals surface area (Å²) in [7, 11) is 0. The van der Waals surface area contributed by atoms with E-state index in [9.17, 15) is 9.59 Å². The minimum Gasteiger partial charge on any atom is -0.444 e. The van der Waals surface area contributed by atoms with Gasteiger partial charge < -0.3 is 15.0 Å². The molecule has 0 bridgehead atoms. The second-order valence-corrected chi connectivity index (χ2v) is 8.14. The summed E-state index contributed by atoms with van der Waals surface area (Å²) < 4.78 is 5.40. The van der Waals surface area contributed by atoms with Crippen LogP contribution in [0.5, 0.6) is 0 Å². The average Bonchev–Trinajstić information content (AvgIpc) is 2.64. The monoisotopic (exact) mass is 368 g/mol. The Kier molecular flexibility index (Phi) is 5.68. The Morgan fingerprint density at radius 3 is 2.41 bits per heavy atom. The van der Waals surface area contributed by atoms with E-state index in [2.05, 4.69) is 29.6 Å². The first-order valence-corrected chi connectivity index (χ1v) is 9.55. The van der Waals surface area contributed by atoms with E-state index in [-0.39, 0.29) is 17.9 Å². The van der Waals surface area contributed by atoms with Crippen molar-refractivity contribution < 1.29 is 14.3 Å². The van der Waals surface area contributed by atoms with Crippen LogP contribution in [0.25, 0.3) is 10.8 Å². The topological polar surface area (TPSA) is 58.6 Å². The number of fused-ring (bicyclic) bond motifs is 1. The predicted molar refractivity (Wildman–Crippen MR) is 106 cm³/mol. The van der Waals surface area contributed by atoms with Crippen molar-refractivity contribution in [3.63, 3.8) is 0 Å². The van der Waals surface area contributed by atoms with Crippen molar-refractivity contribution in [2.45, 2.75) is 45.8 Å². The first-order valence-electron chi connectivity index (χ1n) is 9.55. The maximum absolute atomic E-state index is 12.5. The predicted octanol–water partition coefficient (Wildman–Crippen LogP) is 4.10. The third-order valence-corrected chi connectivity index (χ3v) is 4.80. The summed E-state index contributed by atoms with van der Waals surface area (Å²) >= 11 is 0. The van der Waals surface area contributed by atoms with Gasteiger partial charge in [-0.15, -0.1) is 0 Å². The molecule has 1 N–H and O–H groups in total. The molecule has 0 aliphatic carbocycles. The van der Waals surface area contributed by atoms with Crippen molar-refractivity contribution in [2.24, 2.45) is 5.92 Å². The number of benzene rings is 2. The molecular formula is C22H28N2O3. The molecular weight excluding hydrogens is 340 g/mol. The molecule has 0 spiro atoms. The molecule has 3 rings (SSSR count). The number of nitrogens with one attached hydrogen (secondary N) is 1. The van der Waals surface area contributed by atoms with Crippen LogP contribution in [0, 0.1) is 5.92 Å². The number of carbonyl (C=O) groups is 2. The van der Waals surface area contributed by atoms with Crippen LogP contribution in [0.15, 0.2) is 42.5 Å². The maximum atomic E-state index is 12.5. The third kappa shape index (κ3) is 5.22. The van der Waals surface area contributed by atoms with Crippen LogP contribution in [0.3, 0.4) is 0 Å². The van der Waals surface area contributed by atoms with Gasteiger partial charge in [-0.1, -0.05) is 36.4 Å². The highest BCUT2D eigenvalue weighted by molar-refractivity contribution is 5.83. The summed E-state index contributed by atoms with van der Waals surface area (Å²) in [4.78, 5) is 26.3. The van der Waals surface area contributed by atoms with Gasteiger partial charge in [0, 0.05) is 25.6 Å². The largest absolute Gasteiger partial charge is 0.444 e. The minimum atomic E-state index is -0.495. The van der Waals surface area contributed by atoms with E-state index in [1.54, 1.807) is 4.90 Å². The number of likely N-dealkylation sites (tertiary alicyclic amines) is 1. The molecule has 2 amide bonds. The molecule has 27 heavy (non-hydrogen) atoms. The first kappa shape index (κ1) is 19.2. The van der Waals surface area contributed by atoms with Crippen molar-refractivity contribution in [1.29, 1.82) is 0 Å². The van der Waals surface area contributed by atoms with Crippen LogP contribution in [-0.4, -0.2) is 35.6 Å². The van der Waals surface area contributed by atoms with E-state index in [1.165, 1.54) is 10.8 Å². The fourth-order valence-corrected chi connectivity index (χ4v) is 3.33. The highest BCUT2D eigenvalue weighted by atomic mass is 16.6. The molecule has 1 fully saturated rings. The van der Waals surface area contributed by atoms with E-state index in [4.69, 9.17) is 4.74 Å². The van der Waals surface area contributed by atoms with Gasteiger partial charge in [0.2, 0.25) is 5.91 Å². The Morgan fingerprint density at radius 1 is 1.07 bits per heavy atom. The number of carbonyl (C=O) groups excluding carboxylic acids is 2. The highest BCUT2D eigenvalue weighted by Gasteiger charge is 2.29. The van der Waals surface area contributed by atoms with E-state index in [0.29, 0.717) is 32.5 Å². The van der Waals surface area contributed by atoms with Gasteiger partial charge in [0.05, 0.1) is 0 Å². The van der Waals surface area contributed by atoms with Crippen LogP contribution in [0.1, 0.15) is 39.2 Å². The van der Waals surface area contributed by atoms with Gasteiger partial charge in [0.25, 0.3) is 0 Å². The molecule has 0 atom stereocenters. The van der Waals surface area contributed by atoms with E-state index < -0.39 is 5.60 Å². The molecule has 0 aromatic heterocycles. The van der Waals surface area contributed by atoms with Gasteiger partial charge in [-0.05, 0) is 56.0 Å². The van der Waals surface area contributed by atoms with Crippen LogP contribution in [-0.2, 0) is 16.1 Å². The molecule has 2 aromatic carbocycles. The lowest BCUT2D eigenvalue weighted by atomic mass is 9.96. The van der Waals surface area contributed by atoms with Gasteiger partial charge in [-0.2, -0.15) is 0 Å². The molecule has 1 saturated heterocycles. The zero-order valence-electron chi connectivity index (χ0n) is 16.3. The van der Waals surface area contributed by atoms with E-state index >= 15 is 0 Å². The van der Waals surface area contributed by atoms with Gasteiger partial charge in [-0.25, -0.2) is 4.79 Å². The van der Waals surface area contributed by atoms with Crippen molar-refractivity contribution in [3.8, 4) is 0 Å². The molecule has 144 valence electrons. The number of ether oxygens (including phenoxy) is 1. The summed E-state index contributed by atoms with van der Waals surface area (Å²) in [5, 5.41) is 5.41. The molecule has 0 radical (unpaired) electrons. The number of piperidine rings is 1. The zero-order chi connectivity index (χ0) is 19.4. The summed E-state index contributed by atoms with van der Waals surface area (Å²) in [6.07, 6.45) is 1.04. The molecule has 1 heterocycles. The maximum Gasteiger partial charge on any atom is 0.410 e. The quantitative estimate of drug-likeness (QED) is 0.887. The van der Waals surface area contributed by atoms with Crippen LogP contribution >= 0.6 is 0 Å². The molecule has 1 aliphatic heterocycles. The van der Waals surface area contributed by atoms with Crippen LogP contribution in [0.2, 0.25) is 0 Å². The van der Waals surface area contributed by atoms with Gasteiger partial charge in [-0.3, -0.25) is 4.79 Å². The SMILES string of the molecule is CC(C)(C)OC(=O)N1CCC(C(=O)NCc2ccc3ccccc3c2)CC1. The summed E-state index contributed by atoms with van der Waals surface area (Å²) in [6, 6.07) is 14.4. The minimum absolute atomic E-state index is 0.0517. The van der Waals surface area contributed by atoms with E-state index in [0.717, 1.165) is 5.56 Å². The van der Waals surface area contributed by atoms with E-state index in [1.807, 2.05) is 39.0 Å². The molecule has 5 heteroatoms. The van der Waals surface area contributed by atoms with Crippen molar-refractivity contribution in [1.82, 2.24) is 10.2 Å². The normalized spacial score (nSPS) is 15.6. The summed E-state index contributed by atoms with van der Waals surface area (Å²) in [6.45, 7) is 7.22. The Hall–Kier alpha value is -2.56. The second kappa shape index (κ2) is 7.99. The molecule has 1 aliphatic rings. The van der Waals surface area contributed by atoms with Gasteiger partial charge in [0.1, 0.15) is 5.60 Å². The molecule has 2 aromatic rings. The van der Waals surface area contributed by atoms with Crippen molar-refractivity contribution in [3.05, 3.63) is 48.0 Å². The first-order chi connectivity index (χ1) is 12.8. The zero-order valence-corrected chi connectivity index (χ0v) is 16.3. The summed E-state index contributed by atoms with van der Waals surface area (Å²) in [5.74, 6) is 0.0103. The lowest BCUT2D eigenvalue weighted by molar-refractivity contribution is -0.126. The highest BCUT2D eigenvalue weighted by Crippen LogP contribution is 2.20. The third-order valence-electron chi connectivity index (χ3n) is 4.80. The van der Waals surface area contributed by atoms with Crippen molar-refractivity contribution >= 4 is 22.8 Å². The number of rotatable bonds is 3. The van der Waals surface area contributed by atoms with Gasteiger partial charge in [0.15, 0.2) is 0 Å². The fourth-order valence-electron chi connectivity index (χ4n) is 3.33. The fraction of sp³-hybridized carbons (Fsp3) is 0.455. The Morgan fingerprint density at radius 2 is 1.74 bits per heavy atom. The molecule has 0 saturated carbocycles. The standard InChI is InChI=1S/C22H28N2O3/c1-22(2,3)27-21(26)24-12-10-18(11-13-24)20(25)23-15-16-8-9-17-6-4-5-7-19(17)14-16/h4-9,14,18H,10-13,15H2,1-3H3,(H,23,25). The lowest BCUT2D eigenvalue weighted by Crippen LogP contribution is -2.44. The average molecular weight is 368 g/mol. The van der Waals surface area contributed by atoms with Crippen LogP contribution in [0.4, 0.5) is 4.79 Å². The number of hydrogen-bond acceptors (Lipinski definition) is 3. The van der Waals surface area contributed by atoms with Gasteiger partial charge >= 0.3 is 6.09 Å². The number of hydrogen-bond donors (Lipinski definition) is 1. The second-order valence-electron chi connectivity index (χ2n) is 8.14. The number of nitrogens with zero attached hydrogens (tertiary/aromatic N) is 1. The van der Waals surface area contributed by atoms with Crippen LogP contribution < -0.4 is 5.32 Å². The number of amides is 2.